The third-order valence-corrected chi connectivity index (χ3v) is 2.53. The summed E-state index contributed by atoms with van der Waals surface area (Å²) in [4.78, 5) is 4.20. The molecule has 0 bridgehead atoms. The molecule has 0 radical (unpaired) electrons. The van der Waals surface area contributed by atoms with Crippen LogP contribution in [0.5, 0.6) is 0 Å². The van der Waals surface area contributed by atoms with Crippen LogP contribution in [0.2, 0.25) is 0 Å². The van der Waals surface area contributed by atoms with Crippen LogP contribution in [0.15, 0.2) is 34.9 Å². The lowest BCUT2D eigenvalue weighted by molar-refractivity contribution is 0.367. The van der Waals surface area contributed by atoms with E-state index >= 15 is 0 Å². The summed E-state index contributed by atoms with van der Waals surface area (Å²) in [5, 5.41) is 3.76. The molecule has 0 spiro atoms. The lowest BCUT2D eigenvalue weighted by Crippen LogP contribution is -1.95. The molecule has 2 rings (SSSR count). The molecule has 4 heteroatoms. The maximum atomic E-state index is 5.11. The van der Waals surface area contributed by atoms with Crippen LogP contribution in [0.3, 0.4) is 0 Å². The number of hydrogen-bond donors (Lipinski definition) is 0. The molecule has 14 heavy (non-hydrogen) atoms. The fourth-order valence-electron chi connectivity index (χ4n) is 1.28. The number of halogens is 1. The highest BCUT2D eigenvalue weighted by atomic mass is 127. The van der Waals surface area contributed by atoms with Crippen LogP contribution in [0, 0.1) is 3.83 Å². The van der Waals surface area contributed by atoms with Crippen LogP contribution in [-0.2, 0) is 0 Å². The number of nitrogens with zero attached hydrogens (tertiary/aromatic N) is 2. The van der Waals surface area contributed by atoms with E-state index in [0.29, 0.717) is 9.72 Å². The molecule has 0 aliphatic heterocycles. The highest BCUT2D eigenvalue weighted by Crippen LogP contribution is 2.22. The van der Waals surface area contributed by atoms with Gasteiger partial charge in [0.2, 0.25) is 9.72 Å². The van der Waals surface area contributed by atoms with Crippen molar-refractivity contribution in [2.45, 2.75) is 12.8 Å². The second-order valence-corrected chi connectivity index (χ2v) is 4.00. The quantitative estimate of drug-likeness (QED) is 0.801. The Balaban J connectivity index is 2.29. The molecule has 1 aromatic heterocycles. The SMILES string of the molecule is CC(c1ccccc1)c1nc(I)no1. The summed E-state index contributed by atoms with van der Waals surface area (Å²) in [5.74, 6) is 0.827. The van der Waals surface area contributed by atoms with Crippen LogP contribution in [0.4, 0.5) is 0 Å². The topological polar surface area (TPSA) is 38.9 Å². The second-order valence-electron chi connectivity index (χ2n) is 3.03. The molecular formula is C10H9IN2O. The Morgan fingerprint density at radius 3 is 2.57 bits per heavy atom. The molecule has 0 saturated heterocycles. The van der Waals surface area contributed by atoms with Crippen molar-refractivity contribution in [3.05, 3.63) is 45.6 Å². The third-order valence-electron chi connectivity index (χ3n) is 2.09. The molecule has 72 valence electrons. The molecule has 1 unspecified atom stereocenters. The van der Waals surface area contributed by atoms with E-state index in [1.165, 1.54) is 5.56 Å². The van der Waals surface area contributed by atoms with E-state index in [-0.39, 0.29) is 5.92 Å². The van der Waals surface area contributed by atoms with Crippen molar-refractivity contribution in [3.63, 3.8) is 0 Å². The first kappa shape index (κ1) is 9.64. The zero-order valence-corrected chi connectivity index (χ0v) is 9.80. The summed E-state index contributed by atoms with van der Waals surface area (Å²) in [6, 6.07) is 10.1. The average molecular weight is 300 g/mol. The molecular weight excluding hydrogens is 291 g/mol. The van der Waals surface area contributed by atoms with Crippen molar-refractivity contribution in [1.82, 2.24) is 10.1 Å². The monoisotopic (exact) mass is 300 g/mol. The average Bonchev–Trinajstić information content (AvgIpc) is 2.65. The van der Waals surface area contributed by atoms with Gasteiger partial charge in [-0.1, -0.05) is 35.5 Å². The van der Waals surface area contributed by atoms with Gasteiger partial charge in [0.05, 0.1) is 5.92 Å². The summed E-state index contributed by atoms with van der Waals surface area (Å²) >= 11 is 2.04. The summed E-state index contributed by atoms with van der Waals surface area (Å²) in [7, 11) is 0. The van der Waals surface area contributed by atoms with Gasteiger partial charge in [0, 0.05) is 22.6 Å². The van der Waals surface area contributed by atoms with Crippen LogP contribution < -0.4 is 0 Å². The first-order valence-electron chi connectivity index (χ1n) is 4.31. The first-order valence-corrected chi connectivity index (χ1v) is 5.39. The highest BCUT2D eigenvalue weighted by Gasteiger charge is 2.14. The standard InChI is InChI=1S/C10H9IN2O/c1-7(8-5-3-2-4-6-8)9-12-10(11)13-14-9/h2-7H,1H3. The molecule has 1 atom stereocenters. The Morgan fingerprint density at radius 1 is 1.29 bits per heavy atom. The highest BCUT2D eigenvalue weighted by molar-refractivity contribution is 14.1. The van der Waals surface area contributed by atoms with Gasteiger partial charge in [-0.25, -0.2) is 0 Å². The van der Waals surface area contributed by atoms with Crippen molar-refractivity contribution in [1.29, 1.82) is 0 Å². The lowest BCUT2D eigenvalue weighted by Gasteiger charge is -2.05. The van der Waals surface area contributed by atoms with E-state index in [2.05, 4.69) is 29.2 Å². The number of aromatic nitrogens is 2. The van der Waals surface area contributed by atoms with Crippen molar-refractivity contribution >= 4 is 22.6 Å². The van der Waals surface area contributed by atoms with Gasteiger partial charge in [-0.05, 0) is 12.5 Å². The molecule has 0 N–H and O–H groups in total. The van der Waals surface area contributed by atoms with Gasteiger partial charge in [-0.15, -0.1) is 0 Å². The zero-order valence-electron chi connectivity index (χ0n) is 7.64. The second kappa shape index (κ2) is 4.08. The molecule has 0 amide bonds. The van der Waals surface area contributed by atoms with E-state index in [1.807, 2.05) is 40.8 Å². The van der Waals surface area contributed by atoms with Gasteiger partial charge < -0.3 is 4.52 Å². The molecule has 0 saturated carbocycles. The Kier molecular flexibility index (Phi) is 2.81. The minimum Gasteiger partial charge on any atom is -0.338 e. The minimum absolute atomic E-state index is 0.159. The van der Waals surface area contributed by atoms with Gasteiger partial charge in [0.25, 0.3) is 0 Å². The molecule has 0 aliphatic rings. The van der Waals surface area contributed by atoms with Crippen LogP contribution in [0.1, 0.15) is 24.3 Å². The van der Waals surface area contributed by atoms with E-state index in [9.17, 15) is 0 Å². The molecule has 2 aromatic rings. The van der Waals surface area contributed by atoms with Crippen LogP contribution >= 0.6 is 22.6 Å². The van der Waals surface area contributed by atoms with Crippen molar-refractivity contribution in [2.75, 3.05) is 0 Å². The number of benzene rings is 1. The van der Waals surface area contributed by atoms with Gasteiger partial charge in [0.1, 0.15) is 0 Å². The summed E-state index contributed by atoms with van der Waals surface area (Å²) in [5.41, 5.74) is 1.19. The van der Waals surface area contributed by atoms with E-state index < -0.39 is 0 Å². The summed E-state index contributed by atoms with van der Waals surface area (Å²) in [6.07, 6.45) is 0. The Bertz CT molecular complexity index is 413. The van der Waals surface area contributed by atoms with Crippen LogP contribution in [-0.4, -0.2) is 10.1 Å². The summed E-state index contributed by atoms with van der Waals surface area (Å²) in [6.45, 7) is 2.05. The predicted molar refractivity (Wildman–Crippen MR) is 61.0 cm³/mol. The molecule has 0 fully saturated rings. The Morgan fingerprint density at radius 2 is 2.00 bits per heavy atom. The van der Waals surface area contributed by atoms with E-state index in [4.69, 9.17) is 4.52 Å². The van der Waals surface area contributed by atoms with E-state index in [0.717, 1.165) is 0 Å². The Labute approximate surface area is 95.7 Å². The minimum atomic E-state index is 0.159. The third kappa shape index (κ3) is 1.95. The molecule has 0 aliphatic carbocycles. The fraction of sp³-hybridized carbons (Fsp3) is 0.200. The predicted octanol–water partition coefficient (Wildman–Crippen LogP) is 2.83. The van der Waals surface area contributed by atoms with Crippen molar-refractivity contribution in [2.24, 2.45) is 0 Å². The molecule has 1 heterocycles. The largest absolute Gasteiger partial charge is 0.338 e. The van der Waals surface area contributed by atoms with E-state index in [1.54, 1.807) is 0 Å². The van der Waals surface area contributed by atoms with Gasteiger partial charge in [-0.3, -0.25) is 0 Å². The summed E-state index contributed by atoms with van der Waals surface area (Å²) < 4.78 is 5.76. The fourth-order valence-corrected chi connectivity index (χ4v) is 1.61. The van der Waals surface area contributed by atoms with Crippen molar-refractivity contribution in [3.8, 4) is 0 Å². The molecule has 3 nitrogen and oxygen atoms in total. The van der Waals surface area contributed by atoms with Gasteiger partial charge >= 0.3 is 0 Å². The zero-order chi connectivity index (χ0) is 9.97. The normalized spacial score (nSPS) is 12.7. The first-order chi connectivity index (χ1) is 6.77. The van der Waals surface area contributed by atoms with Gasteiger partial charge in [-0.2, -0.15) is 4.98 Å². The molecule has 1 aromatic carbocycles. The maximum Gasteiger partial charge on any atom is 0.234 e. The van der Waals surface area contributed by atoms with Gasteiger partial charge in [0.15, 0.2) is 0 Å². The number of hydrogen-bond acceptors (Lipinski definition) is 3. The maximum absolute atomic E-state index is 5.11. The lowest BCUT2D eigenvalue weighted by atomic mass is 10.0. The van der Waals surface area contributed by atoms with Crippen molar-refractivity contribution < 1.29 is 4.52 Å². The van der Waals surface area contributed by atoms with Crippen LogP contribution in [0.25, 0.3) is 0 Å². The number of rotatable bonds is 2. The smallest absolute Gasteiger partial charge is 0.234 e. The Hall–Kier alpha value is -0.910.